The van der Waals surface area contributed by atoms with Crippen molar-refractivity contribution in [2.24, 2.45) is 0 Å². The molecule has 0 radical (unpaired) electrons. The average Bonchev–Trinajstić information content (AvgIpc) is 2.32. The second kappa shape index (κ2) is 6.12. The van der Waals surface area contributed by atoms with Gasteiger partial charge in [0.2, 0.25) is 11.2 Å². The molecule has 4 nitrogen and oxygen atoms in total. The molecule has 0 fully saturated rings. The fourth-order valence-electron chi connectivity index (χ4n) is 1.27. The van der Waals surface area contributed by atoms with Crippen LogP contribution in [0.2, 0.25) is 5.28 Å². The maximum Gasteiger partial charge on any atom is 0.228 e. The number of rotatable bonds is 4. The van der Waals surface area contributed by atoms with Crippen molar-refractivity contribution < 1.29 is 8.78 Å². The van der Waals surface area contributed by atoms with Crippen molar-refractivity contribution >= 4 is 29.3 Å². The predicted molar refractivity (Wildman–Crippen MR) is 69.5 cm³/mol. The Hall–Kier alpha value is -1.47. The van der Waals surface area contributed by atoms with Gasteiger partial charge in [-0.05, 0) is 42.4 Å². The van der Waals surface area contributed by atoms with Gasteiger partial charge in [0.1, 0.15) is 11.6 Å². The molecule has 1 heterocycles. The molecule has 2 aromatic rings. The summed E-state index contributed by atoms with van der Waals surface area (Å²) >= 11 is 6.70. The van der Waals surface area contributed by atoms with E-state index in [2.05, 4.69) is 20.3 Å². The van der Waals surface area contributed by atoms with Gasteiger partial charge in [-0.2, -0.15) is 15.0 Å². The Morgan fingerprint density at radius 3 is 2.74 bits per heavy atom. The highest BCUT2D eigenvalue weighted by Gasteiger charge is 2.10. The summed E-state index contributed by atoms with van der Waals surface area (Å²) in [6, 6.07) is 3.29. The molecular formula is C11H9ClF2N4S. The first kappa shape index (κ1) is 14.0. The quantitative estimate of drug-likeness (QED) is 0.938. The summed E-state index contributed by atoms with van der Waals surface area (Å²) in [6.45, 7) is 2.50. The van der Waals surface area contributed by atoms with Crippen LogP contribution in [0.4, 0.5) is 14.7 Å². The Labute approximate surface area is 117 Å². The molecule has 1 N–H and O–H groups in total. The summed E-state index contributed by atoms with van der Waals surface area (Å²) in [6.07, 6.45) is 0. The van der Waals surface area contributed by atoms with E-state index in [1.807, 2.05) is 6.92 Å². The summed E-state index contributed by atoms with van der Waals surface area (Å²) in [7, 11) is 0. The number of hydrogen-bond donors (Lipinski definition) is 1. The van der Waals surface area contributed by atoms with E-state index in [9.17, 15) is 8.78 Å². The van der Waals surface area contributed by atoms with Gasteiger partial charge < -0.3 is 5.32 Å². The predicted octanol–water partition coefficient (Wildman–Crippen LogP) is 3.39. The number of nitrogens with zero attached hydrogens (tertiary/aromatic N) is 3. The first-order valence-electron chi connectivity index (χ1n) is 5.37. The van der Waals surface area contributed by atoms with Crippen LogP contribution in [0, 0.1) is 11.6 Å². The lowest BCUT2D eigenvalue weighted by molar-refractivity contribution is 0.565. The molecule has 0 atom stereocenters. The Bertz CT molecular complexity index is 597. The van der Waals surface area contributed by atoms with E-state index in [1.54, 1.807) is 0 Å². The smallest absolute Gasteiger partial charge is 0.228 e. The molecule has 1 aromatic carbocycles. The third kappa shape index (κ3) is 3.74. The minimum atomic E-state index is -0.675. The Balaban J connectivity index is 2.27. The lowest BCUT2D eigenvalue weighted by Gasteiger charge is -2.05. The Morgan fingerprint density at radius 2 is 2.05 bits per heavy atom. The van der Waals surface area contributed by atoms with Crippen LogP contribution < -0.4 is 5.32 Å². The lowest BCUT2D eigenvalue weighted by atomic mass is 10.3. The zero-order valence-corrected chi connectivity index (χ0v) is 11.4. The maximum absolute atomic E-state index is 13.5. The second-order valence-corrected chi connectivity index (χ2v) is 4.76. The highest BCUT2D eigenvalue weighted by Crippen LogP contribution is 2.28. The van der Waals surface area contributed by atoms with E-state index in [4.69, 9.17) is 11.6 Å². The summed E-state index contributed by atoms with van der Waals surface area (Å²) in [5.74, 6) is -0.997. The van der Waals surface area contributed by atoms with E-state index >= 15 is 0 Å². The first-order chi connectivity index (χ1) is 9.08. The first-order valence-corrected chi connectivity index (χ1v) is 6.56. The molecule has 0 aliphatic heterocycles. The van der Waals surface area contributed by atoms with Crippen LogP contribution in [0.1, 0.15) is 6.92 Å². The summed E-state index contributed by atoms with van der Waals surface area (Å²) in [5, 5.41) is 3.13. The maximum atomic E-state index is 13.5. The normalized spacial score (nSPS) is 10.5. The van der Waals surface area contributed by atoms with Gasteiger partial charge >= 0.3 is 0 Å². The Morgan fingerprint density at radius 1 is 1.26 bits per heavy atom. The highest BCUT2D eigenvalue weighted by molar-refractivity contribution is 7.99. The molecule has 0 amide bonds. The van der Waals surface area contributed by atoms with Gasteiger partial charge in [-0.1, -0.05) is 0 Å². The number of benzene rings is 1. The van der Waals surface area contributed by atoms with Crippen LogP contribution in [0.3, 0.4) is 0 Å². The van der Waals surface area contributed by atoms with Crippen molar-refractivity contribution in [3.8, 4) is 0 Å². The van der Waals surface area contributed by atoms with Crippen LogP contribution in [0.15, 0.2) is 28.3 Å². The molecule has 0 saturated heterocycles. The molecule has 0 aliphatic carbocycles. The second-order valence-electron chi connectivity index (χ2n) is 3.42. The molecule has 8 heteroatoms. The fourth-order valence-corrected chi connectivity index (χ4v) is 2.23. The summed E-state index contributed by atoms with van der Waals surface area (Å²) in [5.41, 5.74) is 0. The zero-order valence-electron chi connectivity index (χ0n) is 9.82. The fraction of sp³-hybridized carbons (Fsp3) is 0.182. The van der Waals surface area contributed by atoms with Crippen LogP contribution >= 0.6 is 23.4 Å². The molecule has 0 saturated carbocycles. The minimum Gasteiger partial charge on any atom is -0.354 e. The Kier molecular flexibility index (Phi) is 4.49. The third-order valence-corrected chi connectivity index (χ3v) is 3.10. The van der Waals surface area contributed by atoms with Gasteiger partial charge in [-0.25, -0.2) is 8.78 Å². The molecule has 0 aliphatic rings. The van der Waals surface area contributed by atoms with E-state index in [-0.39, 0.29) is 15.3 Å². The number of halogens is 3. The van der Waals surface area contributed by atoms with Crippen molar-refractivity contribution in [3.05, 3.63) is 35.1 Å². The molecule has 0 bridgehead atoms. The largest absolute Gasteiger partial charge is 0.354 e. The van der Waals surface area contributed by atoms with Crippen LogP contribution in [-0.4, -0.2) is 21.5 Å². The number of hydrogen-bond acceptors (Lipinski definition) is 5. The van der Waals surface area contributed by atoms with E-state index in [1.165, 1.54) is 12.1 Å². The number of nitrogens with one attached hydrogen (secondary N) is 1. The molecular weight excluding hydrogens is 294 g/mol. The van der Waals surface area contributed by atoms with Gasteiger partial charge in [-0.15, -0.1) is 0 Å². The highest BCUT2D eigenvalue weighted by atomic mass is 35.5. The van der Waals surface area contributed by atoms with Crippen LogP contribution in [0.5, 0.6) is 0 Å². The van der Waals surface area contributed by atoms with Gasteiger partial charge in [0.05, 0.1) is 4.90 Å². The van der Waals surface area contributed by atoms with Crippen molar-refractivity contribution in [1.29, 1.82) is 0 Å². The molecule has 100 valence electrons. The van der Waals surface area contributed by atoms with Crippen molar-refractivity contribution in [3.63, 3.8) is 0 Å². The topological polar surface area (TPSA) is 50.7 Å². The summed E-state index contributed by atoms with van der Waals surface area (Å²) < 4.78 is 26.3. The molecule has 2 rings (SSSR count). The standard InChI is InChI=1S/C11H9ClF2N4S/c1-2-15-10-16-9(12)17-11(18-10)19-8-4-3-6(13)5-7(8)14/h3-5H,2H2,1H3,(H,15,16,17,18). The van der Waals surface area contributed by atoms with Gasteiger partial charge in [0.25, 0.3) is 0 Å². The van der Waals surface area contributed by atoms with Gasteiger partial charge in [0.15, 0.2) is 5.16 Å². The third-order valence-electron chi connectivity index (χ3n) is 2.02. The number of aromatic nitrogens is 3. The van der Waals surface area contributed by atoms with Crippen LogP contribution in [0.25, 0.3) is 0 Å². The van der Waals surface area contributed by atoms with Crippen LogP contribution in [-0.2, 0) is 0 Å². The zero-order chi connectivity index (χ0) is 13.8. The van der Waals surface area contributed by atoms with Crippen molar-refractivity contribution in [2.75, 3.05) is 11.9 Å². The molecule has 0 spiro atoms. The van der Waals surface area contributed by atoms with Gasteiger partial charge in [-0.3, -0.25) is 0 Å². The monoisotopic (exact) mass is 302 g/mol. The van der Waals surface area contributed by atoms with E-state index in [0.29, 0.717) is 12.5 Å². The number of anilines is 1. The minimum absolute atomic E-state index is 0.0102. The molecule has 1 aromatic heterocycles. The van der Waals surface area contributed by atoms with Gasteiger partial charge in [0, 0.05) is 12.6 Å². The van der Waals surface area contributed by atoms with E-state index < -0.39 is 11.6 Å². The summed E-state index contributed by atoms with van der Waals surface area (Å²) in [4.78, 5) is 12.0. The SMILES string of the molecule is CCNc1nc(Cl)nc(Sc2ccc(F)cc2F)n1. The molecule has 19 heavy (non-hydrogen) atoms. The molecule has 0 unspecified atom stereocenters. The lowest BCUT2D eigenvalue weighted by Crippen LogP contribution is -2.04. The van der Waals surface area contributed by atoms with Crippen molar-refractivity contribution in [1.82, 2.24) is 15.0 Å². The van der Waals surface area contributed by atoms with Crippen molar-refractivity contribution in [2.45, 2.75) is 17.0 Å². The van der Waals surface area contributed by atoms with E-state index in [0.717, 1.165) is 17.8 Å². The average molecular weight is 303 g/mol.